The number of carbonyl (C=O) groups is 2. The molecule has 0 aliphatic carbocycles. The van der Waals surface area contributed by atoms with E-state index in [2.05, 4.69) is 140 Å². The molecular weight excluding hydrogens is 1410 g/mol. The minimum Gasteiger partial charge on any atom is -0.0622 e. The van der Waals surface area contributed by atoms with Gasteiger partial charge in [-0.05, 0) is 44.9 Å². The number of aliphatic hydroxyl groups excluding tert-OH is 3. The smallest absolute Gasteiger partial charge is 0.0134 e. The molecule has 3 aromatic rings. The second-order valence-electron chi connectivity index (χ2n) is 10.6. The normalized spacial score (nSPS) is 12.2. The number of aliphatic hydroxyl groups is 3. The first-order chi connectivity index (χ1) is 31.8. The molecule has 0 aliphatic rings. The van der Waals surface area contributed by atoms with Crippen LogP contribution in [0, 0.1) is 0 Å². The number of carbonyl (C=O) groups excluding carboxylic acids is 2. The van der Waals surface area contributed by atoms with Crippen LogP contribution >= 0.6 is 73.2 Å². The molecule has 65 heavy (non-hydrogen) atoms. The summed E-state index contributed by atoms with van der Waals surface area (Å²) in [5.41, 5.74) is 15.0. The number of hydroxylamine groups is 2. The Kier molecular flexibility index (Phi) is 68.3. The van der Waals surface area contributed by atoms with Gasteiger partial charge < -0.3 is 41.3 Å². The Balaban J connectivity index is -0.000000173. The first-order valence-electron chi connectivity index (χ1n) is 19.7. The molecule has 0 saturated carbocycles. The summed E-state index contributed by atoms with van der Waals surface area (Å²) in [6, 6.07) is 32.3. The predicted octanol–water partition coefficient (Wildman–Crippen LogP) is -1.32. The molecule has 0 heterocycles. The van der Waals surface area contributed by atoms with Crippen LogP contribution in [0.1, 0.15) is 14.4 Å². The van der Waals surface area contributed by atoms with Crippen molar-refractivity contribution in [2.24, 2.45) is 11.5 Å². The molecule has 3 rings (SSSR count). The standard InChI is InChI=1S/C18H15P.C5H12I2N2O2P.C5H11NO.C4H10I2N2O2P.C3H7NO.C2H5NO.C2H6O.CH3BrO.CH4/c1-4-10-16(11-5-1)19(17-12-6-2-7-13-17)18-14-8-3-9-15-18;1-8-4-2-3-5-9-11-12(6,7)10;1-6-4-2-3-5-7;5-11(6,9)10-8-4-2-1-3-7;1-4-2-3-5;3-1-2-4;1-2-3;2-1-3;/h1-15H;2-3,6,8-9H,4-5H2,1H3;2-3,6-7H,4-5H2,1H3;1-2,5,8H,3-4,7H2;3-4H,2H2,1H3;2H,1,3H2;3H,2H2,1H3;3H,1H2;1H4/q;-1;;-1;;;;;/b;2*3-2+;2-1+;;;;;/i;6D;;5D;;;;;. The maximum Gasteiger partial charge on any atom is -0.0134 e. The Hall–Kier alpha value is 0.0300. The Labute approximate surface area is 451 Å². The fourth-order valence-electron chi connectivity index (χ4n) is 3.32. The van der Waals surface area contributed by atoms with Crippen molar-refractivity contribution in [1.29, 1.82) is 1.19 Å². The molecule has 0 aliphatic heterocycles. The van der Waals surface area contributed by atoms with E-state index in [-0.39, 0.29) is 32.7 Å². The fourth-order valence-corrected chi connectivity index (χ4v) is 7.75. The van der Waals surface area contributed by atoms with Crippen LogP contribution in [0.15, 0.2) is 127 Å². The van der Waals surface area contributed by atoms with Crippen molar-refractivity contribution in [2.45, 2.75) is 14.4 Å². The van der Waals surface area contributed by atoms with E-state index < -0.39 is 56.9 Å². The number of halogens is 5. The summed E-state index contributed by atoms with van der Waals surface area (Å²) >= 11 is 3.89. The van der Waals surface area contributed by atoms with Gasteiger partial charge in [0.2, 0.25) is 0 Å². The van der Waals surface area contributed by atoms with Crippen LogP contribution in [-0.2, 0) is 28.0 Å². The van der Waals surface area contributed by atoms with Crippen molar-refractivity contribution < 1.29 is 87.0 Å². The molecule has 3 aromatic carbocycles. The molecule has 0 amide bonds. The molecule has 0 saturated heterocycles. The topological polar surface area (TPSA) is 260 Å². The van der Waals surface area contributed by atoms with Crippen LogP contribution in [0.4, 0.5) is 0 Å². The van der Waals surface area contributed by atoms with Crippen molar-refractivity contribution in [3.8, 4) is 0 Å². The summed E-state index contributed by atoms with van der Waals surface area (Å²) < 4.78 is 40.6. The van der Waals surface area contributed by atoms with Crippen LogP contribution < -0.4 is 98.0 Å². The zero-order valence-electron chi connectivity index (χ0n) is 38.5. The summed E-state index contributed by atoms with van der Waals surface area (Å²) in [6.07, 6.45) is 12.4. The average molecular weight is 1490 g/mol. The van der Waals surface area contributed by atoms with E-state index in [1.807, 2.05) is 32.3 Å². The largest absolute Gasteiger partial charge is 0.0622 e. The Morgan fingerprint density at radius 3 is 1.20 bits per heavy atom. The Bertz CT molecular complexity index is 1560. The van der Waals surface area contributed by atoms with E-state index in [1.54, 1.807) is 76.3 Å². The van der Waals surface area contributed by atoms with Gasteiger partial charge in [-0.15, -0.1) is 0 Å². The number of hydrogen-bond acceptors (Lipinski definition) is 16. The molecule has 24 heteroatoms. The number of nitrogens with one attached hydrogen (secondary N) is 5. The maximum absolute atomic E-state index is 11.2. The van der Waals surface area contributed by atoms with Crippen LogP contribution in [-0.4, -0.2) is 115 Å². The van der Waals surface area contributed by atoms with Gasteiger partial charge >= 0.3 is 192 Å². The van der Waals surface area contributed by atoms with E-state index >= 15 is 0 Å². The van der Waals surface area contributed by atoms with E-state index in [4.69, 9.17) is 36.3 Å². The number of likely N-dealkylation sites (N-methyl/N-ethyl adjacent to an activating group) is 3. The summed E-state index contributed by atoms with van der Waals surface area (Å²) in [4.78, 5) is 18.4. The van der Waals surface area contributed by atoms with Crippen molar-refractivity contribution in [1.82, 2.24) is 26.9 Å². The molecule has 378 valence electrons. The molecule has 0 radical (unpaired) electrons. The number of rotatable bonds is 22. The first kappa shape index (κ1) is 71.6. The van der Waals surface area contributed by atoms with Gasteiger partial charge in [-0.25, -0.2) is 0 Å². The number of alkyl halides is 1. The van der Waals surface area contributed by atoms with Crippen LogP contribution in [0.5, 0.6) is 0 Å². The second kappa shape index (κ2) is 62.0. The van der Waals surface area contributed by atoms with Gasteiger partial charge in [-0.2, -0.15) is 0 Å². The third-order valence-electron chi connectivity index (χ3n) is 5.56. The maximum atomic E-state index is 11.2. The fraction of sp³-hybridized carbons (Fsp3) is 0.366. The zero-order valence-corrected chi connectivity index (χ0v) is 49.4. The van der Waals surface area contributed by atoms with Crippen molar-refractivity contribution in [3.05, 3.63) is 127 Å². The molecule has 2 atom stereocenters. The molecule has 0 bridgehead atoms. The second-order valence-corrected chi connectivity index (χ2v) is 41.6. The van der Waals surface area contributed by atoms with Gasteiger partial charge in [-0.3, -0.25) is 0 Å². The molecule has 0 fully saturated rings. The summed E-state index contributed by atoms with van der Waals surface area (Å²) in [5, 5.41) is 35.9. The van der Waals surface area contributed by atoms with Crippen LogP contribution in [0.25, 0.3) is 0 Å². The quantitative estimate of drug-likeness (QED) is 0.0106. The number of nitrogens with two attached hydrogens (primary N) is 2. The molecule has 16 nitrogen and oxygen atoms in total. The molecule has 0 spiro atoms. The molecule has 0 aromatic heterocycles. The van der Waals surface area contributed by atoms with E-state index in [0.717, 1.165) is 19.4 Å². The summed E-state index contributed by atoms with van der Waals surface area (Å²) in [5.74, 6) is 0. The zero-order chi connectivity index (χ0) is 51.0. The van der Waals surface area contributed by atoms with E-state index in [9.17, 15) is 13.9 Å². The van der Waals surface area contributed by atoms with E-state index in [1.165, 1.54) is 15.9 Å². The van der Waals surface area contributed by atoms with Gasteiger partial charge in [0.05, 0.1) is 18.7 Å². The van der Waals surface area contributed by atoms with Gasteiger partial charge in [0, 0.05) is 19.7 Å². The predicted molar refractivity (Wildman–Crippen MR) is 291 cm³/mol. The average Bonchev–Trinajstić information content (AvgIpc) is 3.33. The third kappa shape index (κ3) is 68.4. The summed E-state index contributed by atoms with van der Waals surface area (Å²) in [6.45, 7) is 5.76. The molecular formula is C41H73BrI4N7O9P3-2. The minimum absolute atomic E-state index is 0. The van der Waals surface area contributed by atoms with Crippen molar-refractivity contribution in [3.63, 3.8) is 0 Å². The number of hydrogen-bond donors (Lipinski definition) is 10. The van der Waals surface area contributed by atoms with E-state index in [0.29, 0.717) is 32.5 Å². The van der Waals surface area contributed by atoms with Crippen molar-refractivity contribution in [2.75, 3.05) is 85.7 Å². The third-order valence-corrected chi connectivity index (χ3v) is 11.0. The number of benzene rings is 3. The Morgan fingerprint density at radius 2 is 0.954 bits per heavy atom. The molecule has 12 N–H and O–H groups in total. The SMILES string of the molecule is C.CCO.CNC/C=C/CO.CNCC=O.NCC=O.OCBr.[2H][I-]P(=O)(I)ONC/C=C/CN.[2H][I-]P(=O)(I)ONC/C=C/CNC.c1ccc(P(c2ccccc2)c2ccccc2)cc1. The summed E-state index contributed by atoms with van der Waals surface area (Å²) in [7, 11) is 5.01. The number of aldehydes is 2. The van der Waals surface area contributed by atoms with Gasteiger partial charge in [0.15, 0.2) is 0 Å². The first-order valence-corrected chi connectivity index (χ1v) is 35.8. The van der Waals surface area contributed by atoms with Crippen LogP contribution in [0.3, 0.4) is 0 Å². The van der Waals surface area contributed by atoms with Crippen molar-refractivity contribution >= 4 is 102 Å². The monoisotopic (exact) mass is 1490 g/mol. The van der Waals surface area contributed by atoms with Gasteiger partial charge in [0.25, 0.3) is 0 Å². The van der Waals surface area contributed by atoms with Gasteiger partial charge in [-0.1, -0.05) is 127 Å². The Morgan fingerprint density at radius 1 is 0.646 bits per heavy atom. The molecule has 2 unspecified atom stereocenters. The van der Waals surface area contributed by atoms with Crippen LogP contribution in [0.2, 0.25) is 0 Å². The van der Waals surface area contributed by atoms with Gasteiger partial charge in [0.1, 0.15) is 12.6 Å². The minimum atomic E-state index is -2.65.